The molecule has 17 heavy (non-hydrogen) atoms. The number of carbonyl (C=O) groups is 1. The third-order valence-corrected chi connectivity index (χ3v) is 2.93. The van der Waals surface area contributed by atoms with Gasteiger partial charge in [0.05, 0.1) is 0 Å². The van der Waals surface area contributed by atoms with E-state index < -0.39 is 0 Å². The van der Waals surface area contributed by atoms with Gasteiger partial charge in [-0.25, -0.2) is 0 Å². The van der Waals surface area contributed by atoms with Crippen molar-refractivity contribution < 1.29 is 4.79 Å². The highest BCUT2D eigenvalue weighted by Crippen LogP contribution is 2.13. The monoisotopic (exact) mass is 253 g/mol. The standard InChI is InChI=1S/C14H20ClNO/c1-3-10-16(11-9-15)14(17)13-8-6-5-7-12(13)4-2/h5-8H,3-4,9-11H2,1-2H3. The van der Waals surface area contributed by atoms with Gasteiger partial charge in [-0.1, -0.05) is 32.0 Å². The Morgan fingerprint density at radius 1 is 1.24 bits per heavy atom. The summed E-state index contributed by atoms with van der Waals surface area (Å²) in [4.78, 5) is 14.2. The molecule has 0 atom stereocenters. The summed E-state index contributed by atoms with van der Waals surface area (Å²) < 4.78 is 0. The third kappa shape index (κ3) is 3.74. The van der Waals surface area contributed by atoms with E-state index in [1.165, 1.54) is 0 Å². The van der Waals surface area contributed by atoms with Crippen molar-refractivity contribution in [3.63, 3.8) is 0 Å². The predicted molar refractivity (Wildman–Crippen MR) is 72.7 cm³/mol. The molecule has 0 aliphatic heterocycles. The van der Waals surface area contributed by atoms with Gasteiger partial charge in [0, 0.05) is 24.5 Å². The first kappa shape index (κ1) is 14.0. The molecule has 0 fully saturated rings. The molecule has 1 aromatic rings. The average molecular weight is 254 g/mol. The molecule has 3 heteroatoms. The Balaban J connectivity index is 2.92. The Morgan fingerprint density at radius 3 is 2.53 bits per heavy atom. The molecule has 0 bridgehead atoms. The number of hydrogen-bond donors (Lipinski definition) is 0. The average Bonchev–Trinajstić information content (AvgIpc) is 2.37. The van der Waals surface area contributed by atoms with Gasteiger partial charge >= 0.3 is 0 Å². The van der Waals surface area contributed by atoms with Crippen LogP contribution in [0.2, 0.25) is 0 Å². The second kappa shape index (κ2) is 7.33. The Bertz CT molecular complexity index is 359. The van der Waals surface area contributed by atoms with Gasteiger partial charge < -0.3 is 4.90 Å². The number of benzene rings is 1. The number of nitrogens with zero attached hydrogens (tertiary/aromatic N) is 1. The lowest BCUT2D eigenvalue weighted by Gasteiger charge is -2.22. The molecular formula is C14H20ClNO. The van der Waals surface area contributed by atoms with Gasteiger partial charge in [-0.05, 0) is 24.5 Å². The van der Waals surface area contributed by atoms with Gasteiger partial charge in [0.15, 0.2) is 0 Å². The van der Waals surface area contributed by atoms with Gasteiger partial charge in [-0.15, -0.1) is 11.6 Å². The van der Waals surface area contributed by atoms with Crippen LogP contribution in [0.1, 0.15) is 36.2 Å². The topological polar surface area (TPSA) is 20.3 Å². The minimum Gasteiger partial charge on any atom is -0.337 e. The largest absolute Gasteiger partial charge is 0.337 e. The molecule has 0 spiro atoms. The molecule has 1 amide bonds. The van der Waals surface area contributed by atoms with E-state index in [-0.39, 0.29) is 5.91 Å². The molecule has 0 radical (unpaired) electrons. The lowest BCUT2D eigenvalue weighted by atomic mass is 10.0. The fraction of sp³-hybridized carbons (Fsp3) is 0.500. The van der Waals surface area contributed by atoms with E-state index in [0.29, 0.717) is 12.4 Å². The summed E-state index contributed by atoms with van der Waals surface area (Å²) in [6.07, 6.45) is 1.83. The summed E-state index contributed by atoms with van der Waals surface area (Å²) >= 11 is 5.74. The van der Waals surface area contributed by atoms with Gasteiger partial charge in [-0.2, -0.15) is 0 Å². The number of carbonyl (C=O) groups excluding carboxylic acids is 1. The molecule has 0 unspecified atom stereocenters. The van der Waals surface area contributed by atoms with Crippen LogP contribution in [-0.4, -0.2) is 29.8 Å². The summed E-state index contributed by atoms with van der Waals surface area (Å²) in [6, 6.07) is 7.80. The summed E-state index contributed by atoms with van der Waals surface area (Å²) in [7, 11) is 0. The van der Waals surface area contributed by atoms with Crippen LogP contribution in [0.5, 0.6) is 0 Å². The van der Waals surface area contributed by atoms with Crippen LogP contribution in [0.3, 0.4) is 0 Å². The van der Waals surface area contributed by atoms with E-state index >= 15 is 0 Å². The number of halogens is 1. The van der Waals surface area contributed by atoms with Gasteiger partial charge in [0.2, 0.25) is 0 Å². The number of aryl methyl sites for hydroxylation is 1. The number of hydrogen-bond acceptors (Lipinski definition) is 1. The number of rotatable bonds is 6. The molecule has 94 valence electrons. The Labute approximate surface area is 109 Å². The van der Waals surface area contributed by atoms with Gasteiger partial charge in [0.25, 0.3) is 5.91 Å². The normalized spacial score (nSPS) is 10.3. The second-order valence-electron chi connectivity index (χ2n) is 3.99. The van der Waals surface area contributed by atoms with Crippen LogP contribution in [0, 0.1) is 0 Å². The van der Waals surface area contributed by atoms with Gasteiger partial charge in [-0.3, -0.25) is 4.79 Å². The van der Waals surface area contributed by atoms with Gasteiger partial charge in [0.1, 0.15) is 0 Å². The first-order chi connectivity index (χ1) is 8.24. The SMILES string of the molecule is CCCN(CCCl)C(=O)c1ccccc1CC. The highest BCUT2D eigenvalue weighted by molar-refractivity contribution is 6.18. The lowest BCUT2D eigenvalue weighted by molar-refractivity contribution is 0.0764. The van der Waals surface area contributed by atoms with Crippen molar-refractivity contribution in [1.82, 2.24) is 4.90 Å². The van der Waals surface area contributed by atoms with E-state index in [0.717, 1.165) is 30.5 Å². The van der Waals surface area contributed by atoms with Crippen LogP contribution in [0.15, 0.2) is 24.3 Å². The third-order valence-electron chi connectivity index (χ3n) is 2.76. The fourth-order valence-corrected chi connectivity index (χ4v) is 2.10. The van der Waals surface area contributed by atoms with Crippen LogP contribution < -0.4 is 0 Å². The quantitative estimate of drug-likeness (QED) is 0.712. The first-order valence-electron chi connectivity index (χ1n) is 6.17. The van der Waals surface area contributed by atoms with Crippen molar-refractivity contribution in [3.8, 4) is 0 Å². The minimum atomic E-state index is 0.102. The molecule has 0 N–H and O–H groups in total. The Hall–Kier alpha value is -1.02. The smallest absolute Gasteiger partial charge is 0.254 e. The zero-order valence-corrected chi connectivity index (χ0v) is 11.3. The van der Waals surface area contributed by atoms with E-state index in [1.54, 1.807) is 0 Å². The second-order valence-corrected chi connectivity index (χ2v) is 4.37. The molecule has 0 saturated carbocycles. The highest BCUT2D eigenvalue weighted by atomic mass is 35.5. The zero-order valence-electron chi connectivity index (χ0n) is 10.6. The minimum absolute atomic E-state index is 0.102. The molecule has 0 heterocycles. The molecule has 0 aliphatic carbocycles. The van der Waals surface area contributed by atoms with Crippen molar-refractivity contribution in [2.45, 2.75) is 26.7 Å². The maximum atomic E-state index is 12.4. The fourth-order valence-electron chi connectivity index (χ4n) is 1.89. The summed E-state index contributed by atoms with van der Waals surface area (Å²) in [5.74, 6) is 0.588. The van der Waals surface area contributed by atoms with E-state index in [9.17, 15) is 4.79 Å². The van der Waals surface area contributed by atoms with Crippen LogP contribution in [0.4, 0.5) is 0 Å². The highest BCUT2D eigenvalue weighted by Gasteiger charge is 2.16. The van der Waals surface area contributed by atoms with Crippen LogP contribution >= 0.6 is 11.6 Å². The number of amides is 1. The Morgan fingerprint density at radius 2 is 1.94 bits per heavy atom. The van der Waals surface area contributed by atoms with Crippen molar-refractivity contribution in [2.24, 2.45) is 0 Å². The summed E-state index contributed by atoms with van der Waals surface area (Å²) in [5, 5.41) is 0. The van der Waals surface area contributed by atoms with E-state index in [2.05, 4.69) is 13.8 Å². The maximum Gasteiger partial charge on any atom is 0.254 e. The summed E-state index contributed by atoms with van der Waals surface area (Å²) in [5.41, 5.74) is 1.92. The van der Waals surface area contributed by atoms with Crippen molar-refractivity contribution in [2.75, 3.05) is 19.0 Å². The molecule has 0 aromatic heterocycles. The van der Waals surface area contributed by atoms with Crippen molar-refractivity contribution >= 4 is 17.5 Å². The molecule has 1 rings (SSSR count). The maximum absolute atomic E-state index is 12.4. The first-order valence-corrected chi connectivity index (χ1v) is 6.71. The molecule has 2 nitrogen and oxygen atoms in total. The molecule has 1 aromatic carbocycles. The van der Waals surface area contributed by atoms with Crippen molar-refractivity contribution in [3.05, 3.63) is 35.4 Å². The Kier molecular flexibility index (Phi) is 6.06. The molecule has 0 aliphatic rings. The number of alkyl halides is 1. The zero-order chi connectivity index (χ0) is 12.7. The van der Waals surface area contributed by atoms with E-state index in [1.807, 2.05) is 29.2 Å². The van der Waals surface area contributed by atoms with E-state index in [4.69, 9.17) is 11.6 Å². The predicted octanol–water partition coefficient (Wildman–Crippen LogP) is 3.34. The molecular weight excluding hydrogens is 234 g/mol. The summed E-state index contributed by atoms with van der Waals surface area (Å²) in [6.45, 7) is 5.52. The van der Waals surface area contributed by atoms with Crippen molar-refractivity contribution in [1.29, 1.82) is 0 Å². The van der Waals surface area contributed by atoms with Crippen LogP contribution in [-0.2, 0) is 6.42 Å². The van der Waals surface area contributed by atoms with Crippen LogP contribution in [0.25, 0.3) is 0 Å². The lowest BCUT2D eigenvalue weighted by Crippen LogP contribution is -2.34. The molecule has 0 saturated heterocycles.